The predicted molar refractivity (Wildman–Crippen MR) is 48.3 cm³/mol. The lowest BCUT2D eigenvalue weighted by Gasteiger charge is -2.19. The van der Waals surface area contributed by atoms with Gasteiger partial charge in [-0.05, 0) is 36.3 Å². The first-order valence-corrected chi connectivity index (χ1v) is 4.44. The lowest BCUT2D eigenvalue weighted by Crippen LogP contribution is -2.02. The van der Waals surface area contributed by atoms with E-state index in [1.165, 1.54) is 24.8 Å². The fourth-order valence-corrected chi connectivity index (χ4v) is 1.79. The van der Waals surface area contributed by atoms with E-state index in [4.69, 9.17) is 0 Å². The summed E-state index contributed by atoms with van der Waals surface area (Å²) in [6.45, 7) is 2.28. The Morgan fingerprint density at radius 2 is 2.36 bits per heavy atom. The first kappa shape index (κ1) is 6.90. The molecule has 0 aromatic heterocycles. The fraction of sp³-hybridized carbons (Fsp3) is 0.455. The van der Waals surface area contributed by atoms with Gasteiger partial charge < -0.3 is 0 Å². The van der Waals surface area contributed by atoms with Gasteiger partial charge in [0.05, 0.1) is 0 Å². The van der Waals surface area contributed by atoms with Crippen LogP contribution in [0.25, 0.3) is 0 Å². The van der Waals surface area contributed by atoms with Crippen LogP contribution in [0, 0.1) is 5.92 Å². The number of allylic oxidation sites excluding steroid dienone is 6. The molecule has 2 rings (SSSR count). The van der Waals surface area contributed by atoms with E-state index >= 15 is 0 Å². The highest BCUT2D eigenvalue weighted by atomic mass is 14.2. The molecule has 0 N–H and O–H groups in total. The van der Waals surface area contributed by atoms with Crippen molar-refractivity contribution >= 4 is 0 Å². The molecule has 1 atom stereocenters. The molecule has 0 heterocycles. The Balaban J connectivity index is 2.31. The van der Waals surface area contributed by atoms with E-state index in [1.54, 1.807) is 5.57 Å². The van der Waals surface area contributed by atoms with Crippen LogP contribution in [-0.2, 0) is 0 Å². The Morgan fingerprint density at radius 1 is 1.45 bits per heavy atom. The van der Waals surface area contributed by atoms with Crippen molar-refractivity contribution in [1.82, 2.24) is 0 Å². The molecule has 1 unspecified atom stereocenters. The fourth-order valence-electron chi connectivity index (χ4n) is 1.79. The quantitative estimate of drug-likeness (QED) is 0.492. The van der Waals surface area contributed by atoms with E-state index in [9.17, 15) is 0 Å². The lowest BCUT2D eigenvalue weighted by molar-refractivity contribution is 0.714. The van der Waals surface area contributed by atoms with Crippen LogP contribution in [0.3, 0.4) is 0 Å². The van der Waals surface area contributed by atoms with Gasteiger partial charge in [0, 0.05) is 0 Å². The van der Waals surface area contributed by atoms with Gasteiger partial charge in [-0.25, -0.2) is 0 Å². The molecule has 0 spiro atoms. The van der Waals surface area contributed by atoms with Gasteiger partial charge in [0.25, 0.3) is 0 Å². The Bertz CT molecular complexity index is 241. The molecule has 0 aromatic rings. The topological polar surface area (TPSA) is 0 Å². The van der Waals surface area contributed by atoms with Crippen molar-refractivity contribution in [3.8, 4) is 0 Å². The predicted octanol–water partition coefficient (Wildman–Crippen LogP) is 3.23. The van der Waals surface area contributed by atoms with Gasteiger partial charge >= 0.3 is 0 Å². The van der Waals surface area contributed by atoms with Gasteiger partial charge in [-0.2, -0.15) is 0 Å². The van der Waals surface area contributed by atoms with E-state index < -0.39 is 0 Å². The Labute approximate surface area is 68.3 Å². The minimum atomic E-state index is 0.747. The molecule has 0 saturated carbocycles. The van der Waals surface area contributed by atoms with Gasteiger partial charge in [0.1, 0.15) is 0 Å². The third kappa shape index (κ3) is 1.30. The molecule has 0 heteroatoms. The third-order valence-corrected chi connectivity index (χ3v) is 2.45. The summed E-state index contributed by atoms with van der Waals surface area (Å²) in [5.74, 6) is 0.747. The number of hydrogen-bond acceptors (Lipinski definition) is 0. The molecule has 2 aliphatic carbocycles. The molecule has 0 fully saturated rings. The highest BCUT2D eigenvalue weighted by Gasteiger charge is 2.11. The number of fused-ring (bicyclic) bond motifs is 1. The summed E-state index contributed by atoms with van der Waals surface area (Å²) in [6.07, 6.45) is 13.1. The minimum Gasteiger partial charge on any atom is -0.0836 e. The van der Waals surface area contributed by atoms with Crippen molar-refractivity contribution in [3.05, 3.63) is 35.5 Å². The molecule has 0 saturated heterocycles. The molecule has 2 aliphatic rings. The minimum absolute atomic E-state index is 0.747. The van der Waals surface area contributed by atoms with Crippen molar-refractivity contribution in [3.63, 3.8) is 0 Å². The van der Waals surface area contributed by atoms with Crippen molar-refractivity contribution < 1.29 is 0 Å². The molecular weight excluding hydrogens is 132 g/mol. The van der Waals surface area contributed by atoms with Crippen LogP contribution < -0.4 is 0 Å². The van der Waals surface area contributed by atoms with E-state index in [-0.39, 0.29) is 0 Å². The van der Waals surface area contributed by atoms with Crippen LogP contribution in [0.4, 0.5) is 0 Å². The van der Waals surface area contributed by atoms with Crippen molar-refractivity contribution in [2.75, 3.05) is 0 Å². The lowest BCUT2D eigenvalue weighted by atomic mass is 9.86. The Hall–Kier alpha value is -0.780. The summed E-state index contributed by atoms with van der Waals surface area (Å²) >= 11 is 0. The summed E-state index contributed by atoms with van der Waals surface area (Å²) in [5.41, 5.74) is 3.06. The third-order valence-electron chi connectivity index (χ3n) is 2.45. The van der Waals surface area contributed by atoms with Gasteiger partial charge in [-0.3, -0.25) is 0 Å². The van der Waals surface area contributed by atoms with E-state index in [2.05, 4.69) is 31.2 Å². The second-order valence-electron chi connectivity index (χ2n) is 3.51. The normalized spacial score (nSPS) is 29.0. The molecule has 0 amide bonds. The number of hydrogen-bond donors (Lipinski definition) is 0. The Kier molecular flexibility index (Phi) is 1.69. The smallest absolute Gasteiger partial charge is 0.0218 e. The molecular formula is C11H14. The maximum Gasteiger partial charge on any atom is -0.0218 e. The van der Waals surface area contributed by atoms with Crippen LogP contribution in [-0.4, -0.2) is 0 Å². The summed E-state index contributed by atoms with van der Waals surface area (Å²) in [4.78, 5) is 0. The largest absolute Gasteiger partial charge is 0.0836 e. The van der Waals surface area contributed by atoms with Gasteiger partial charge in [-0.15, -0.1) is 0 Å². The first-order valence-electron chi connectivity index (χ1n) is 4.44. The average molecular weight is 146 g/mol. The average Bonchev–Trinajstić information content (AvgIpc) is 2.04. The molecule has 58 valence electrons. The second-order valence-corrected chi connectivity index (χ2v) is 3.51. The van der Waals surface area contributed by atoms with E-state index in [0.29, 0.717) is 0 Å². The SMILES string of the molecule is CC1C=C2C=CCCC2=CC1. The van der Waals surface area contributed by atoms with Gasteiger partial charge in [0.2, 0.25) is 0 Å². The summed E-state index contributed by atoms with van der Waals surface area (Å²) in [5, 5.41) is 0. The molecule has 0 aliphatic heterocycles. The standard InChI is InChI=1S/C11H14/c1-9-6-7-10-4-2-3-5-11(10)8-9/h3,5,7-9H,2,4,6H2,1H3. The monoisotopic (exact) mass is 146 g/mol. The molecule has 0 aromatic carbocycles. The van der Waals surface area contributed by atoms with Crippen molar-refractivity contribution in [2.45, 2.75) is 26.2 Å². The van der Waals surface area contributed by atoms with E-state index in [1.807, 2.05) is 0 Å². The molecule has 0 bridgehead atoms. The van der Waals surface area contributed by atoms with Crippen molar-refractivity contribution in [1.29, 1.82) is 0 Å². The maximum absolute atomic E-state index is 2.41. The van der Waals surface area contributed by atoms with Crippen LogP contribution in [0.15, 0.2) is 35.5 Å². The highest BCUT2D eigenvalue weighted by molar-refractivity contribution is 5.44. The van der Waals surface area contributed by atoms with Gasteiger partial charge in [-0.1, -0.05) is 31.2 Å². The van der Waals surface area contributed by atoms with Gasteiger partial charge in [0.15, 0.2) is 0 Å². The maximum atomic E-state index is 2.41. The zero-order valence-corrected chi connectivity index (χ0v) is 7.01. The Morgan fingerprint density at radius 3 is 3.27 bits per heavy atom. The van der Waals surface area contributed by atoms with E-state index in [0.717, 1.165) is 5.92 Å². The molecule has 0 nitrogen and oxygen atoms in total. The number of rotatable bonds is 0. The molecule has 0 radical (unpaired) electrons. The van der Waals surface area contributed by atoms with Crippen molar-refractivity contribution in [2.24, 2.45) is 5.92 Å². The van der Waals surface area contributed by atoms with Crippen LogP contribution in [0.2, 0.25) is 0 Å². The van der Waals surface area contributed by atoms with Crippen LogP contribution in [0.5, 0.6) is 0 Å². The van der Waals surface area contributed by atoms with Crippen LogP contribution >= 0.6 is 0 Å². The zero-order chi connectivity index (χ0) is 7.68. The highest BCUT2D eigenvalue weighted by Crippen LogP contribution is 2.29. The second kappa shape index (κ2) is 2.69. The molecule has 11 heavy (non-hydrogen) atoms. The zero-order valence-electron chi connectivity index (χ0n) is 7.01. The first-order chi connectivity index (χ1) is 5.36. The summed E-state index contributed by atoms with van der Waals surface area (Å²) in [6, 6.07) is 0. The summed E-state index contributed by atoms with van der Waals surface area (Å²) < 4.78 is 0. The van der Waals surface area contributed by atoms with Crippen LogP contribution in [0.1, 0.15) is 26.2 Å². The summed E-state index contributed by atoms with van der Waals surface area (Å²) in [7, 11) is 0.